The Morgan fingerprint density at radius 1 is 1.16 bits per heavy atom. The number of hydrogen-bond acceptors (Lipinski definition) is 5. The molecule has 1 aliphatic heterocycles. The molecular weight excluding hydrogens is 466 g/mol. The van der Waals surface area contributed by atoms with Crippen molar-refractivity contribution in [1.82, 2.24) is 10.2 Å². The molecule has 2 aromatic carbocycles. The first-order chi connectivity index (χ1) is 17.6. The second-order valence-electron chi connectivity index (χ2n) is 11.0. The summed E-state index contributed by atoms with van der Waals surface area (Å²) in [5.41, 5.74) is 8.92. The van der Waals surface area contributed by atoms with Gasteiger partial charge in [0, 0.05) is 19.6 Å². The molecule has 3 rings (SSSR count). The van der Waals surface area contributed by atoms with Crippen molar-refractivity contribution in [2.75, 3.05) is 19.7 Å². The van der Waals surface area contributed by atoms with Gasteiger partial charge in [0.1, 0.15) is 11.4 Å². The van der Waals surface area contributed by atoms with E-state index in [1.165, 1.54) is 5.56 Å². The Hall–Kier alpha value is -3.06. The van der Waals surface area contributed by atoms with Gasteiger partial charge in [-0.1, -0.05) is 36.4 Å². The highest BCUT2D eigenvalue weighted by molar-refractivity contribution is 5.81. The number of nitrogens with two attached hydrogens (primary N) is 1. The van der Waals surface area contributed by atoms with Crippen molar-refractivity contribution < 1.29 is 19.1 Å². The van der Waals surface area contributed by atoms with Gasteiger partial charge in [0.25, 0.3) is 0 Å². The summed E-state index contributed by atoms with van der Waals surface area (Å²) in [7, 11) is 0. The maximum Gasteiger partial charge on any atom is 0.410 e. The standard InChI is InChI=1S/C30H43N3O4/c1-22-12-14-26(36-18-16-24-11-8-17-33(21-24)29(35)37-30(2,3)4)19-25(22)20-32-28(34)27(31)15-13-23-9-6-5-7-10-23/h5-7,9-10,12,14,19,24,27H,8,11,13,15-18,20-21,31H2,1-4H3,(H,32,34). The Bertz CT molecular complexity index is 1020. The van der Waals surface area contributed by atoms with Crippen LogP contribution in [0.25, 0.3) is 0 Å². The molecule has 37 heavy (non-hydrogen) atoms. The fourth-order valence-corrected chi connectivity index (χ4v) is 4.48. The minimum absolute atomic E-state index is 0.145. The lowest BCUT2D eigenvalue weighted by atomic mass is 9.95. The first-order valence-electron chi connectivity index (χ1n) is 13.4. The molecule has 2 aromatic rings. The van der Waals surface area contributed by atoms with Gasteiger partial charge in [0.15, 0.2) is 0 Å². The van der Waals surface area contributed by atoms with Gasteiger partial charge in [-0.25, -0.2) is 4.79 Å². The number of carbonyl (C=O) groups excluding carboxylic acids is 2. The molecule has 1 aliphatic rings. The number of piperidine rings is 1. The van der Waals surface area contributed by atoms with Gasteiger partial charge in [-0.2, -0.15) is 0 Å². The van der Waals surface area contributed by atoms with Crippen molar-refractivity contribution in [3.8, 4) is 5.75 Å². The third-order valence-corrected chi connectivity index (χ3v) is 6.66. The fraction of sp³-hybridized carbons (Fsp3) is 0.533. The molecule has 1 fully saturated rings. The third-order valence-electron chi connectivity index (χ3n) is 6.66. The summed E-state index contributed by atoms with van der Waals surface area (Å²) >= 11 is 0. The minimum atomic E-state index is -0.546. The van der Waals surface area contributed by atoms with Crippen molar-refractivity contribution in [3.05, 3.63) is 65.2 Å². The average molecular weight is 510 g/mol. The molecule has 1 saturated heterocycles. The van der Waals surface area contributed by atoms with Crippen molar-refractivity contribution in [3.63, 3.8) is 0 Å². The van der Waals surface area contributed by atoms with Crippen LogP contribution in [0.2, 0.25) is 0 Å². The fourth-order valence-electron chi connectivity index (χ4n) is 4.48. The van der Waals surface area contributed by atoms with Gasteiger partial charge in [-0.15, -0.1) is 0 Å². The van der Waals surface area contributed by atoms with E-state index >= 15 is 0 Å². The summed E-state index contributed by atoms with van der Waals surface area (Å²) in [6, 6.07) is 15.5. The maximum absolute atomic E-state index is 12.5. The van der Waals surface area contributed by atoms with Crippen LogP contribution in [0.1, 0.15) is 63.1 Å². The number of aryl methyl sites for hydroxylation is 2. The molecule has 0 radical (unpaired) electrons. The van der Waals surface area contributed by atoms with Crippen LogP contribution in [0.3, 0.4) is 0 Å². The van der Waals surface area contributed by atoms with E-state index in [1.807, 2.05) is 81.1 Å². The van der Waals surface area contributed by atoms with E-state index in [4.69, 9.17) is 15.2 Å². The lowest BCUT2D eigenvalue weighted by Gasteiger charge is -2.34. The first-order valence-corrected chi connectivity index (χ1v) is 13.4. The Kier molecular flexibility index (Phi) is 10.4. The molecule has 0 aliphatic carbocycles. The van der Waals surface area contributed by atoms with Crippen LogP contribution in [0.4, 0.5) is 4.79 Å². The van der Waals surface area contributed by atoms with Crippen molar-refractivity contribution in [2.24, 2.45) is 11.7 Å². The van der Waals surface area contributed by atoms with Gasteiger partial charge in [-0.3, -0.25) is 4.79 Å². The van der Waals surface area contributed by atoms with Crippen LogP contribution >= 0.6 is 0 Å². The molecule has 2 atom stereocenters. The van der Waals surface area contributed by atoms with E-state index in [0.717, 1.165) is 49.1 Å². The lowest BCUT2D eigenvalue weighted by molar-refractivity contribution is -0.122. The maximum atomic E-state index is 12.5. The zero-order chi connectivity index (χ0) is 26.8. The number of nitrogens with one attached hydrogen (secondary N) is 1. The number of ether oxygens (including phenoxy) is 2. The van der Waals surface area contributed by atoms with E-state index in [9.17, 15) is 9.59 Å². The molecule has 7 nitrogen and oxygen atoms in total. The average Bonchev–Trinajstić information content (AvgIpc) is 2.87. The Balaban J connectivity index is 1.43. The number of benzene rings is 2. The summed E-state index contributed by atoms with van der Waals surface area (Å²) < 4.78 is 11.6. The highest BCUT2D eigenvalue weighted by atomic mass is 16.6. The van der Waals surface area contributed by atoms with E-state index in [2.05, 4.69) is 5.32 Å². The molecule has 0 aromatic heterocycles. The van der Waals surface area contributed by atoms with Crippen molar-refractivity contribution in [2.45, 2.75) is 78.0 Å². The van der Waals surface area contributed by atoms with Gasteiger partial charge in [-0.05, 0) is 94.5 Å². The summed E-state index contributed by atoms with van der Waals surface area (Å²) in [6.07, 6.45) is 4.07. The van der Waals surface area contributed by atoms with Crippen LogP contribution in [-0.4, -0.2) is 48.2 Å². The van der Waals surface area contributed by atoms with E-state index in [-0.39, 0.29) is 12.0 Å². The van der Waals surface area contributed by atoms with Crippen LogP contribution in [0.5, 0.6) is 5.75 Å². The van der Waals surface area contributed by atoms with Crippen molar-refractivity contribution >= 4 is 12.0 Å². The van der Waals surface area contributed by atoms with Gasteiger partial charge >= 0.3 is 6.09 Å². The van der Waals surface area contributed by atoms with E-state index < -0.39 is 11.6 Å². The predicted molar refractivity (Wildman–Crippen MR) is 146 cm³/mol. The molecule has 202 valence electrons. The second-order valence-corrected chi connectivity index (χ2v) is 11.0. The Morgan fingerprint density at radius 3 is 2.65 bits per heavy atom. The molecule has 7 heteroatoms. The highest BCUT2D eigenvalue weighted by Crippen LogP contribution is 2.23. The zero-order valence-corrected chi connectivity index (χ0v) is 22.8. The van der Waals surface area contributed by atoms with Crippen LogP contribution in [0, 0.1) is 12.8 Å². The third kappa shape index (κ3) is 9.73. The van der Waals surface area contributed by atoms with Gasteiger partial charge in [0.2, 0.25) is 5.91 Å². The molecular formula is C30H43N3O4. The summed E-state index contributed by atoms with van der Waals surface area (Å²) in [5, 5.41) is 2.97. The molecule has 1 heterocycles. The second kappa shape index (κ2) is 13.5. The molecule has 0 saturated carbocycles. The highest BCUT2D eigenvalue weighted by Gasteiger charge is 2.27. The molecule has 2 unspecified atom stereocenters. The minimum Gasteiger partial charge on any atom is -0.494 e. The van der Waals surface area contributed by atoms with Crippen LogP contribution < -0.4 is 15.8 Å². The first kappa shape index (κ1) is 28.5. The topological polar surface area (TPSA) is 93.9 Å². The monoisotopic (exact) mass is 509 g/mol. The quantitative estimate of drug-likeness (QED) is 0.471. The SMILES string of the molecule is Cc1ccc(OCCC2CCCN(C(=O)OC(C)(C)C)C2)cc1CNC(=O)C(N)CCc1ccccc1. The summed E-state index contributed by atoms with van der Waals surface area (Å²) in [4.78, 5) is 26.8. The molecule has 3 N–H and O–H groups in total. The zero-order valence-electron chi connectivity index (χ0n) is 22.8. The predicted octanol–water partition coefficient (Wildman–Crippen LogP) is 4.99. The van der Waals surface area contributed by atoms with Gasteiger partial charge in [0.05, 0.1) is 12.6 Å². The van der Waals surface area contributed by atoms with Crippen LogP contribution in [0.15, 0.2) is 48.5 Å². The molecule has 0 spiro atoms. The summed E-state index contributed by atoms with van der Waals surface area (Å²) in [6.45, 7) is 10.1. The van der Waals surface area contributed by atoms with E-state index in [0.29, 0.717) is 32.0 Å². The molecule has 2 amide bonds. The number of nitrogens with zero attached hydrogens (tertiary/aromatic N) is 1. The summed E-state index contributed by atoms with van der Waals surface area (Å²) in [5.74, 6) is 1.03. The number of amides is 2. The molecule has 0 bridgehead atoms. The van der Waals surface area contributed by atoms with Crippen LogP contribution in [-0.2, 0) is 22.5 Å². The number of hydrogen-bond donors (Lipinski definition) is 2. The number of likely N-dealkylation sites (tertiary alicyclic amines) is 1. The largest absolute Gasteiger partial charge is 0.494 e. The van der Waals surface area contributed by atoms with Crippen molar-refractivity contribution in [1.29, 1.82) is 0 Å². The van der Waals surface area contributed by atoms with E-state index in [1.54, 1.807) is 0 Å². The Morgan fingerprint density at radius 2 is 1.92 bits per heavy atom. The normalized spacial score (nSPS) is 16.7. The number of carbonyl (C=O) groups is 2. The number of rotatable bonds is 10. The smallest absolute Gasteiger partial charge is 0.410 e. The lowest BCUT2D eigenvalue weighted by Crippen LogP contribution is -2.43. The van der Waals surface area contributed by atoms with Gasteiger partial charge < -0.3 is 25.4 Å². The Labute approximate surface area is 221 Å².